The van der Waals surface area contributed by atoms with Crippen molar-refractivity contribution in [3.8, 4) is 0 Å². The van der Waals surface area contributed by atoms with E-state index in [0.29, 0.717) is 19.8 Å². The third-order valence-corrected chi connectivity index (χ3v) is 4.48. The van der Waals surface area contributed by atoms with Gasteiger partial charge in [0.25, 0.3) is 0 Å². The summed E-state index contributed by atoms with van der Waals surface area (Å²) >= 11 is 0. The number of likely N-dealkylation sites (N-methyl/N-ethyl adjacent to an activating group) is 1. The van der Waals surface area contributed by atoms with Crippen molar-refractivity contribution < 1.29 is 13.9 Å². The summed E-state index contributed by atoms with van der Waals surface area (Å²) in [5, 5.41) is 6.60. The van der Waals surface area contributed by atoms with E-state index in [1.54, 1.807) is 12.1 Å². The zero-order valence-electron chi connectivity index (χ0n) is 16.7. The van der Waals surface area contributed by atoms with Crippen LogP contribution in [0.15, 0.2) is 29.3 Å². The smallest absolute Gasteiger partial charge is 0.191 e. The molecule has 2 rings (SSSR count). The van der Waals surface area contributed by atoms with Crippen LogP contribution in [0.5, 0.6) is 0 Å². The van der Waals surface area contributed by atoms with E-state index in [-0.39, 0.29) is 18.0 Å². The van der Waals surface area contributed by atoms with Crippen molar-refractivity contribution in [1.29, 1.82) is 0 Å². The molecule has 2 unspecified atom stereocenters. The van der Waals surface area contributed by atoms with Crippen LogP contribution in [0.1, 0.15) is 31.4 Å². The van der Waals surface area contributed by atoms with Gasteiger partial charge in [-0.25, -0.2) is 4.39 Å². The van der Waals surface area contributed by atoms with Crippen molar-refractivity contribution in [1.82, 2.24) is 15.5 Å². The minimum atomic E-state index is -0.221. The number of hydrogen-bond acceptors (Lipinski definition) is 4. The zero-order valence-corrected chi connectivity index (χ0v) is 16.7. The van der Waals surface area contributed by atoms with E-state index in [2.05, 4.69) is 20.5 Å². The molecule has 7 heteroatoms. The fourth-order valence-corrected chi connectivity index (χ4v) is 2.97. The first-order valence-electron chi connectivity index (χ1n) is 9.73. The Balaban J connectivity index is 1.82. The number of halogens is 1. The summed E-state index contributed by atoms with van der Waals surface area (Å²) in [4.78, 5) is 6.74. The molecule has 1 fully saturated rings. The highest BCUT2D eigenvalue weighted by atomic mass is 19.1. The van der Waals surface area contributed by atoms with Crippen molar-refractivity contribution in [2.24, 2.45) is 4.99 Å². The Kier molecular flexibility index (Phi) is 9.52. The van der Waals surface area contributed by atoms with Crippen molar-refractivity contribution in [3.63, 3.8) is 0 Å². The molecule has 27 heavy (non-hydrogen) atoms. The van der Waals surface area contributed by atoms with Crippen LogP contribution in [0.4, 0.5) is 4.39 Å². The first-order chi connectivity index (χ1) is 13.1. The Bertz CT molecular complexity index is 577. The van der Waals surface area contributed by atoms with Gasteiger partial charge in [0.2, 0.25) is 0 Å². The molecule has 0 aromatic heterocycles. The van der Waals surface area contributed by atoms with E-state index >= 15 is 0 Å². The second-order valence-electron chi connectivity index (χ2n) is 6.89. The van der Waals surface area contributed by atoms with Crippen molar-refractivity contribution in [2.75, 3.05) is 53.6 Å². The molecule has 2 atom stereocenters. The van der Waals surface area contributed by atoms with Crippen molar-refractivity contribution in [2.45, 2.75) is 31.9 Å². The Hall–Kier alpha value is -1.70. The number of nitrogens with one attached hydrogen (secondary N) is 2. The van der Waals surface area contributed by atoms with Gasteiger partial charge < -0.3 is 25.0 Å². The minimum Gasteiger partial charge on any atom is -0.379 e. The van der Waals surface area contributed by atoms with Crippen LogP contribution in [0.25, 0.3) is 0 Å². The molecule has 2 N–H and O–H groups in total. The lowest BCUT2D eigenvalue weighted by atomic mass is 10.1. The van der Waals surface area contributed by atoms with Gasteiger partial charge in [-0.2, -0.15) is 0 Å². The zero-order chi connectivity index (χ0) is 19.5. The van der Waals surface area contributed by atoms with E-state index in [0.717, 1.165) is 44.1 Å². The van der Waals surface area contributed by atoms with Gasteiger partial charge in [-0.3, -0.25) is 4.99 Å². The average Bonchev–Trinajstić information content (AvgIpc) is 3.14. The predicted molar refractivity (Wildman–Crippen MR) is 107 cm³/mol. The monoisotopic (exact) mass is 380 g/mol. The normalized spacial score (nSPS) is 18.7. The van der Waals surface area contributed by atoms with Gasteiger partial charge >= 0.3 is 0 Å². The number of benzene rings is 1. The van der Waals surface area contributed by atoms with E-state index in [9.17, 15) is 4.39 Å². The van der Waals surface area contributed by atoms with Crippen LogP contribution >= 0.6 is 0 Å². The van der Waals surface area contributed by atoms with Gasteiger partial charge in [-0.1, -0.05) is 12.1 Å². The number of ether oxygens (including phenoxy) is 2. The van der Waals surface area contributed by atoms with Gasteiger partial charge in [0.15, 0.2) is 5.96 Å². The number of guanidine groups is 1. The molecular weight excluding hydrogens is 347 g/mol. The molecule has 1 aliphatic rings. The summed E-state index contributed by atoms with van der Waals surface area (Å²) < 4.78 is 24.6. The lowest BCUT2D eigenvalue weighted by Crippen LogP contribution is -2.39. The highest BCUT2D eigenvalue weighted by molar-refractivity contribution is 5.79. The molecule has 0 bridgehead atoms. The second kappa shape index (κ2) is 11.9. The van der Waals surface area contributed by atoms with Gasteiger partial charge in [0.05, 0.1) is 25.3 Å². The van der Waals surface area contributed by atoms with E-state index in [1.165, 1.54) is 6.07 Å². The summed E-state index contributed by atoms with van der Waals surface area (Å²) in [7, 11) is 3.96. The molecule has 0 radical (unpaired) electrons. The standard InChI is InChI=1S/C20H33FN4O2/c1-4-22-20(23-10-6-11-27-18-9-12-26-15-18)24-14-19(25(2)3)16-7-5-8-17(21)13-16/h5,7-8,13,18-19H,4,6,9-12,14-15H2,1-3H3,(H2,22,23,24). The topological polar surface area (TPSA) is 58.1 Å². The van der Waals surface area contributed by atoms with Crippen LogP contribution < -0.4 is 10.6 Å². The van der Waals surface area contributed by atoms with Crippen LogP contribution in [0.2, 0.25) is 0 Å². The van der Waals surface area contributed by atoms with Gasteiger partial charge in [0, 0.05) is 26.3 Å². The summed E-state index contributed by atoms with van der Waals surface area (Å²) in [6, 6.07) is 6.73. The molecule has 6 nitrogen and oxygen atoms in total. The number of rotatable bonds is 10. The van der Waals surface area contributed by atoms with Crippen molar-refractivity contribution in [3.05, 3.63) is 35.6 Å². The lowest BCUT2D eigenvalue weighted by molar-refractivity contribution is 0.0420. The van der Waals surface area contributed by atoms with Crippen molar-refractivity contribution >= 4 is 5.96 Å². The minimum absolute atomic E-state index is 0.0156. The Labute approximate surface area is 162 Å². The summed E-state index contributed by atoms with van der Waals surface area (Å²) in [5.41, 5.74) is 0.923. The highest BCUT2D eigenvalue weighted by Crippen LogP contribution is 2.19. The first-order valence-corrected chi connectivity index (χ1v) is 9.73. The fraction of sp³-hybridized carbons (Fsp3) is 0.650. The third kappa shape index (κ3) is 7.82. The van der Waals surface area contributed by atoms with Crippen LogP contribution in [0.3, 0.4) is 0 Å². The molecule has 0 aliphatic carbocycles. The van der Waals surface area contributed by atoms with Crippen LogP contribution in [0, 0.1) is 5.82 Å². The Morgan fingerprint density at radius 2 is 2.26 bits per heavy atom. The summed E-state index contributed by atoms with van der Waals surface area (Å²) in [6.07, 6.45) is 2.14. The van der Waals surface area contributed by atoms with Gasteiger partial charge in [-0.15, -0.1) is 0 Å². The maximum atomic E-state index is 13.6. The highest BCUT2D eigenvalue weighted by Gasteiger charge is 2.16. The SMILES string of the molecule is CCNC(=NCC(c1cccc(F)c1)N(C)C)NCCCOC1CCOC1. The molecule has 1 saturated heterocycles. The van der Waals surface area contributed by atoms with Gasteiger partial charge in [-0.05, 0) is 51.6 Å². The molecule has 0 spiro atoms. The second-order valence-corrected chi connectivity index (χ2v) is 6.89. The summed E-state index contributed by atoms with van der Waals surface area (Å²) in [6.45, 7) is 6.38. The molecule has 0 saturated carbocycles. The lowest BCUT2D eigenvalue weighted by Gasteiger charge is -2.23. The predicted octanol–water partition coefficient (Wildman–Crippen LogP) is 2.18. The van der Waals surface area contributed by atoms with E-state index in [1.807, 2.05) is 27.1 Å². The summed E-state index contributed by atoms with van der Waals surface area (Å²) in [5.74, 6) is 0.547. The maximum Gasteiger partial charge on any atom is 0.191 e. The quantitative estimate of drug-likeness (QED) is 0.370. The Morgan fingerprint density at radius 3 is 2.93 bits per heavy atom. The van der Waals surface area contributed by atoms with E-state index < -0.39 is 0 Å². The molecule has 152 valence electrons. The molecule has 1 aliphatic heterocycles. The third-order valence-electron chi connectivity index (χ3n) is 4.48. The van der Waals surface area contributed by atoms with Crippen LogP contribution in [-0.4, -0.2) is 70.5 Å². The average molecular weight is 381 g/mol. The Morgan fingerprint density at radius 1 is 1.41 bits per heavy atom. The molecular formula is C20H33FN4O2. The van der Waals surface area contributed by atoms with E-state index in [4.69, 9.17) is 9.47 Å². The van der Waals surface area contributed by atoms with Crippen LogP contribution in [-0.2, 0) is 9.47 Å². The maximum absolute atomic E-state index is 13.6. The molecule has 1 aromatic rings. The first kappa shape index (κ1) is 21.6. The molecule has 0 amide bonds. The van der Waals surface area contributed by atoms with Gasteiger partial charge in [0.1, 0.15) is 5.82 Å². The largest absolute Gasteiger partial charge is 0.379 e. The number of aliphatic imine (C=N–C) groups is 1. The molecule has 1 heterocycles. The number of nitrogens with zero attached hydrogens (tertiary/aromatic N) is 2. The number of hydrogen-bond donors (Lipinski definition) is 2. The fourth-order valence-electron chi connectivity index (χ4n) is 2.97. The molecule has 1 aromatic carbocycles.